The molecule has 7 heteroatoms. The van der Waals surface area contributed by atoms with Gasteiger partial charge in [-0.05, 0) is 25.5 Å². The second kappa shape index (κ2) is 11.8. The number of carbonyl (C=O) groups excluding carboxylic acids is 1. The second-order valence-corrected chi connectivity index (χ2v) is 6.89. The Labute approximate surface area is 169 Å². The minimum Gasteiger partial charge on any atom is -0.375 e. The van der Waals surface area contributed by atoms with E-state index in [1.807, 2.05) is 18.0 Å². The van der Waals surface area contributed by atoms with E-state index in [2.05, 4.69) is 34.5 Å². The summed E-state index contributed by atoms with van der Waals surface area (Å²) in [5, 5.41) is 3.29. The maximum absolute atomic E-state index is 12.6. The van der Waals surface area contributed by atoms with Gasteiger partial charge in [0.1, 0.15) is 0 Å². The summed E-state index contributed by atoms with van der Waals surface area (Å²) in [4.78, 5) is 17.0. The molecule has 2 saturated heterocycles. The molecule has 0 aliphatic carbocycles. The molecule has 0 aromatic heterocycles. The van der Waals surface area contributed by atoms with Crippen LogP contribution in [0.5, 0.6) is 0 Å². The number of hydrogen-bond donors (Lipinski definition) is 1. The average Bonchev–Trinajstić information content (AvgIpc) is 2.63. The standard InChI is InChI=1S/C19H29N3O2.2ClH/c1-20-17-8-5-9-22(14-17)19(23)12-18-15-21(10-11-24-18)13-16-6-3-2-4-7-16;;/h2-4,6-7,17-18,20H,5,8-15H2,1H3;2*1H. The van der Waals surface area contributed by atoms with Crippen LogP contribution in [0.2, 0.25) is 0 Å². The predicted molar refractivity (Wildman–Crippen MR) is 109 cm³/mol. The van der Waals surface area contributed by atoms with Gasteiger partial charge in [0.15, 0.2) is 0 Å². The topological polar surface area (TPSA) is 44.8 Å². The number of rotatable bonds is 5. The van der Waals surface area contributed by atoms with Gasteiger partial charge in [0.2, 0.25) is 5.91 Å². The first-order chi connectivity index (χ1) is 11.7. The molecule has 0 bridgehead atoms. The van der Waals surface area contributed by atoms with Gasteiger partial charge in [0, 0.05) is 38.8 Å². The van der Waals surface area contributed by atoms with Crippen LogP contribution in [-0.2, 0) is 16.1 Å². The Morgan fingerprint density at radius 2 is 1.96 bits per heavy atom. The summed E-state index contributed by atoms with van der Waals surface area (Å²) in [6.45, 7) is 5.13. The van der Waals surface area contributed by atoms with Crippen molar-refractivity contribution in [2.24, 2.45) is 0 Å². The third kappa shape index (κ3) is 6.71. The van der Waals surface area contributed by atoms with Crippen molar-refractivity contribution in [2.45, 2.75) is 38.0 Å². The Kier molecular flexibility index (Phi) is 10.5. The molecule has 1 amide bonds. The van der Waals surface area contributed by atoms with Crippen molar-refractivity contribution >= 4 is 30.7 Å². The van der Waals surface area contributed by atoms with E-state index in [1.165, 1.54) is 5.56 Å². The fourth-order valence-electron chi connectivity index (χ4n) is 3.65. The number of hydrogen-bond acceptors (Lipinski definition) is 4. The number of halogens is 2. The van der Waals surface area contributed by atoms with Gasteiger partial charge in [0.05, 0.1) is 19.1 Å². The summed E-state index contributed by atoms with van der Waals surface area (Å²) in [5.41, 5.74) is 1.32. The molecule has 0 radical (unpaired) electrons. The highest BCUT2D eigenvalue weighted by Gasteiger charge is 2.27. The molecule has 148 valence electrons. The Hall–Kier alpha value is -0.850. The average molecular weight is 404 g/mol. The van der Waals surface area contributed by atoms with Crippen molar-refractivity contribution in [1.82, 2.24) is 15.1 Å². The molecule has 0 spiro atoms. The van der Waals surface area contributed by atoms with E-state index in [4.69, 9.17) is 4.74 Å². The second-order valence-electron chi connectivity index (χ2n) is 6.89. The summed E-state index contributed by atoms with van der Waals surface area (Å²) >= 11 is 0. The normalized spacial score (nSPS) is 23.7. The Morgan fingerprint density at radius 3 is 2.69 bits per heavy atom. The minimum atomic E-state index is 0. The summed E-state index contributed by atoms with van der Waals surface area (Å²) in [6.07, 6.45) is 2.76. The lowest BCUT2D eigenvalue weighted by Crippen LogP contribution is -2.49. The fraction of sp³-hybridized carbons (Fsp3) is 0.632. The predicted octanol–water partition coefficient (Wildman–Crippen LogP) is 2.33. The van der Waals surface area contributed by atoms with Crippen molar-refractivity contribution in [3.8, 4) is 0 Å². The monoisotopic (exact) mass is 403 g/mol. The van der Waals surface area contributed by atoms with Gasteiger partial charge in [-0.15, -0.1) is 24.8 Å². The first-order valence-corrected chi connectivity index (χ1v) is 9.07. The molecule has 1 aromatic carbocycles. The fourth-order valence-corrected chi connectivity index (χ4v) is 3.65. The number of nitrogens with zero attached hydrogens (tertiary/aromatic N) is 2. The van der Waals surface area contributed by atoms with E-state index in [1.54, 1.807) is 0 Å². The lowest BCUT2D eigenvalue weighted by atomic mass is 10.0. The molecule has 0 saturated carbocycles. The van der Waals surface area contributed by atoms with Crippen molar-refractivity contribution in [1.29, 1.82) is 0 Å². The van der Waals surface area contributed by atoms with E-state index in [-0.39, 0.29) is 36.8 Å². The molecular formula is C19H31Cl2N3O2. The van der Waals surface area contributed by atoms with E-state index >= 15 is 0 Å². The molecule has 2 aliphatic heterocycles. The number of benzene rings is 1. The quantitative estimate of drug-likeness (QED) is 0.819. The van der Waals surface area contributed by atoms with Gasteiger partial charge in [-0.3, -0.25) is 9.69 Å². The maximum atomic E-state index is 12.6. The van der Waals surface area contributed by atoms with Crippen molar-refractivity contribution in [3.63, 3.8) is 0 Å². The number of piperidine rings is 1. The molecular weight excluding hydrogens is 373 g/mol. The first-order valence-electron chi connectivity index (χ1n) is 9.07. The number of morpholine rings is 1. The van der Waals surface area contributed by atoms with Gasteiger partial charge < -0.3 is 15.0 Å². The first kappa shape index (κ1) is 23.2. The SMILES string of the molecule is CNC1CCCN(C(=O)CC2CN(Cc3ccccc3)CCO2)C1.Cl.Cl. The summed E-state index contributed by atoms with van der Waals surface area (Å²) < 4.78 is 5.86. The van der Waals surface area contributed by atoms with Gasteiger partial charge in [0.25, 0.3) is 0 Å². The Bertz CT molecular complexity index is 533. The van der Waals surface area contributed by atoms with Crippen LogP contribution in [-0.4, -0.2) is 67.7 Å². The number of amides is 1. The van der Waals surface area contributed by atoms with E-state index in [0.717, 1.165) is 45.6 Å². The molecule has 2 aliphatic rings. The lowest BCUT2D eigenvalue weighted by molar-refractivity contribution is -0.137. The minimum absolute atomic E-state index is 0. The van der Waals surface area contributed by atoms with E-state index < -0.39 is 0 Å². The molecule has 2 unspecified atom stereocenters. The Morgan fingerprint density at radius 1 is 1.19 bits per heavy atom. The highest BCUT2D eigenvalue weighted by atomic mass is 35.5. The van der Waals surface area contributed by atoms with Gasteiger partial charge in [-0.2, -0.15) is 0 Å². The smallest absolute Gasteiger partial charge is 0.225 e. The number of likely N-dealkylation sites (N-methyl/N-ethyl adjacent to an activating group) is 1. The molecule has 2 heterocycles. The molecule has 5 nitrogen and oxygen atoms in total. The largest absolute Gasteiger partial charge is 0.375 e. The molecule has 2 fully saturated rings. The lowest BCUT2D eigenvalue weighted by Gasteiger charge is -2.36. The summed E-state index contributed by atoms with van der Waals surface area (Å²) in [5.74, 6) is 0.238. The van der Waals surface area contributed by atoms with E-state index in [9.17, 15) is 4.79 Å². The number of likely N-dealkylation sites (tertiary alicyclic amines) is 1. The van der Waals surface area contributed by atoms with E-state index in [0.29, 0.717) is 19.1 Å². The van der Waals surface area contributed by atoms with Crippen molar-refractivity contribution in [3.05, 3.63) is 35.9 Å². The molecule has 3 rings (SSSR count). The maximum Gasteiger partial charge on any atom is 0.225 e. The molecule has 2 atom stereocenters. The van der Waals surface area contributed by atoms with Crippen LogP contribution < -0.4 is 5.32 Å². The van der Waals surface area contributed by atoms with Crippen LogP contribution in [0.3, 0.4) is 0 Å². The summed E-state index contributed by atoms with van der Waals surface area (Å²) in [7, 11) is 1.98. The molecule has 1 N–H and O–H groups in total. The number of nitrogens with one attached hydrogen (secondary N) is 1. The van der Waals surface area contributed by atoms with Crippen LogP contribution in [0, 0.1) is 0 Å². The van der Waals surface area contributed by atoms with Gasteiger partial charge in [-0.1, -0.05) is 30.3 Å². The zero-order chi connectivity index (χ0) is 16.8. The van der Waals surface area contributed by atoms with Gasteiger partial charge >= 0.3 is 0 Å². The van der Waals surface area contributed by atoms with Gasteiger partial charge in [-0.25, -0.2) is 0 Å². The van der Waals surface area contributed by atoms with Crippen LogP contribution in [0.15, 0.2) is 30.3 Å². The molecule has 26 heavy (non-hydrogen) atoms. The highest BCUT2D eigenvalue weighted by Crippen LogP contribution is 2.16. The van der Waals surface area contributed by atoms with Crippen LogP contribution in [0.25, 0.3) is 0 Å². The Balaban J connectivity index is 0.00000169. The summed E-state index contributed by atoms with van der Waals surface area (Å²) in [6, 6.07) is 10.9. The number of carbonyl (C=O) groups is 1. The third-order valence-electron chi connectivity index (χ3n) is 5.06. The zero-order valence-corrected chi connectivity index (χ0v) is 17.1. The highest BCUT2D eigenvalue weighted by molar-refractivity contribution is 5.85. The van der Waals surface area contributed by atoms with Crippen molar-refractivity contribution in [2.75, 3.05) is 39.8 Å². The van der Waals surface area contributed by atoms with Crippen LogP contribution >= 0.6 is 24.8 Å². The number of ether oxygens (including phenoxy) is 1. The zero-order valence-electron chi connectivity index (χ0n) is 15.4. The molecule has 1 aromatic rings. The van der Waals surface area contributed by atoms with Crippen LogP contribution in [0.1, 0.15) is 24.8 Å². The van der Waals surface area contributed by atoms with Crippen molar-refractivity contribution < 1.29 is 9.53 Å². The van der Waals surface area contributed by atoms with Crippen LogP contribution in [0.4, 0.5) is 0 Å². The third-order valence-corrected chi connectivity index (χ3v) is 5.06.